The van der Waals surface area contributed by atoms with E-state index in [1.807, 2.05) is 6.92 Å². The Hall–Kier alpha value is -0.120. The molecule has 1 saturated carbocycles. The van der Waals surface area contributed by atoms with Crippen LogP contribution in [0.4, 0.5) is 0 Å². The predicted octanol–water partition coefficient (Wildman–Crippen LogP) is 0.537. The number of nitrogens with zero attached hydrogens (tertiary/aromatic N) is 2. The Balaban J connectivity index is 1.95. The highest BCUT2D eigenvalue weighted by Gasteiger charge is 2.40. The third kappa shape index (κ3) is 1.95. The van der Waals surface area contributed by atoms with E-state index < -0.39 is 5.60 Å². The summed E-state index contributed by atoms with van der Waals surface area (Å²) >= 11 is 0. The van der Waals surface area contributed by atoms with Crippen molar-refractivity contribution in [3.8, 4) is 0 Å². The van der Waals surface area contributed by atoms with Gasteiger partial charge in [0, 0.05) is 32.2 Å². The Morgan fingerprint density at radius 1 is 1.21 bits per heavy atom. The van der Waals surface area contributed by atoms with Gasteiger partial charge in [0.2, 0.25) is 0 Å². The first-order valence-electron chi connectivity index (χ1n) is 5.74. The summed E-state index contributed by atoms with van der Waals surface area (Å²) in [6.07, 6.45) is 3.34. The van der Waals surface area contributed by atoms with Crippen LogP contribution in [0.1, 0.15) is 26.2 Å². The van der Waals surface area contributed by atoms with Crippen molar-refractivity contribution >= 4 is 0 Å². The molecular formula is C11H22N2O. The number of hydrogen-bond donors (Lipinski definition) is 1. The molecular weight excluding hydrogens is 176 g/mol. The van der Waals surface area contributed by atoms with Crippen LogP contribution in [0.15, 0.2) is 0 Å². The van der Waals surface area contributed by atoms with Crippen molar-refractivity contribution in [3.05, 3.63) is 0 Å². The second-order valence-electron chi connectivity index (χ2n) is 5.10. The van der Waals surface area contributed by atoms with Crippen molar-refractivity contribution in [2.45, 2.75) is 37.8 Å². The van der Waals surface area contributed by atoms with Crippen LogP contribution in [-0.2, 0) is 0 Å². The van der Waals surface area contributed by atoms with Crippen molar-refractivity contribution in [1.29, 1.82) is 0 Å². The summed E-state index contributed by atoms with van der Waals surface area (Å²) in [5.41, 5.74) is -0.435. The molecule has 2 rings (SSSR count). The van der Waals surface area contributed by atoms with Gasteiger partial charge in [0.15, 0.2) is 0 Å². The first-order chi connectivity index (χ1) is 6.59. The number of hydrogen-bond acceptors (Lipinski definition) is 3. The summed E-state index contributed by atoms with van der Waals surface area (Å²) in [5, 5.41) is 10.2. The van der Waals surface area contributed by atoms with Crippen LogP contribution in [0.2, 0.25) is 0 Å². The third-order valence-corrected chi connectivity index (χ3v) is 3.86. The summed E-state index contributed by atoms with van der Waals surface area (Å²) in [4.78, 5) is 4.84. The lowest BCUT2D eigenvalue weighted by atomic mass is 9.98. The smallest absolute Gasteiger partial charge is 0.0774 e. The Bertz CT molecular complexity index is 197. The van der Waals surface area contributed by atoms with Gasteiger partial charge in [0.1, 0.15) is 0 Å². The Morgan fingerprint density at radius 2 is 1.86 bits per heavy atom. The van der Waals surface area contributed by atoms with E-state index in [0.29, 0.717) is 6.04 Å². The van der Waals surface area contributed by atoms with E-state index in [4.69, 9.17) is 0 Å². The second-order valence-corrected chi connectivity index (χ2v) is 5.10. The summed E-state index contributed by atoms with van der Waals surface area (Å²) in [6.45, 7) is 6.54. The van der Waals surface area contributed by atoms with Crippen LogP contribution in [0.5, 0.6) is 0 Å². The van der Waals surface area contributed by atoms with Gasteiger partial charge >= 0.3 is 0 Å². The normalized spacial score (nSPS) is 41.8. The van der Waals surface area contributed by atoms with Crippen molar-refractivity contribution in [3.63, 3.8) is 0 Å². The van der Waals surface area contributed by atoms with E-state index in [0.717, 1.165) is 32.6 Å². The van der Waals surface area contributed by atoms with Crippen LogP contribution >= 0.6 is 0 Å². The van der Waals surface area contributed by atoms with Gasteiger partial charge in [-0.15, -0.1) is 0 Å². The maximum Gasteiger partial charge on any atom is 0.0774 e. The molecule has 0 bridgehead atoms. The Morgan fingerprint density at radius 3 is 2.36 bits per heavy atom. The SMILES string of the molecule is CN1CCN(C2CCCC2(C)O)CC1. The first-order valence-corrected chi connectivity index (χ1v) is 5.74. The standard InChI is InChI=1S/C11H22N2O/c1-11(14)5-3-4-10(11)13-8-6-12(2)7-9-13/h10,14H,3-9H2,1-2H3. The molecule has 2 atom stereocenters. The average molecular weight is 198 g/mol. The highest BCUT2D eigenvalue weighted by Crippen LogP contribution is 2.33. The fourth-order valence-corrected chi connectivity index (χ4v) is 2.84. The van der Waals surface area contributed by atoms with Gasteiger partial charge in [-0.3, -0.25) is 4.90 Å². The largest absolute Gasteiger partial charge is 0.389 e. The fourth-order valence-electron chi connectivity index (χ4n) is 2.84. The minimum absolute atomic E-state index is 0.413. The molecule has 2 unspecified atom stereocenters. The molecule has 0 amide bonds. The summed E-state index contributed by atoms with van der Waals surface area (Å²) in [6, 6.07) is 0.413. The molecule has 0 spiro atoms. The van der Waals surface area contributed by atoms with Gasteiger partial charge in [-0.25, -0.2) is 0 Å². The van der Waals surface area contributed by atoms with Gasteiger partial charge in [-0.2, -0.15) is 0 Å². The third-order valence-electron chi connectivity index (χ3n) is 3.86. The molecule has 14 heavy (non-hydrogen) atoms. The molecule has 1 aliphatic heterocycles. The van der Waals surface area contributed by atoms with Gasteiger partial charge in [-0.05, 0) is 33.2 Å². The van der Waals surface area contributed by atoms with Crippen molar-refractivity contribution in [1.82, 2.24) is 9.80 Å². The summed E-state index contributed by atoms with van der Waals surface area (Å²) < 4.78 is 0. The van der Waals surface area contributed by atoms with Crippen LogP contribution in [0.3, 0.4) is 0 Å². The molecule has 82 valence electrons. The number of rotatable bonds is 1. The van der Waals surface area contributed by atoms with E-state index in [1.54, 1.807) is 0 Å². The Kier molecular flexibility index (Phi) is 2.82. The van der Waals surface area contributed by atoms with Crippen LogP contribution in [0, 0.1) is 0 Å². The Labute approximate surface area is 86.7 Å². The number of aliphatic hydroxyl groups is 1. The molecule has 0 aromatic carbocycles. The summed E-state index contributed by atoms with van der Waals surface area (Å²) in [7, 11) is 2.17. The lowest BCUT2D eigenvalue weighted by Crippen LogP contribution is -2.54. The first kappa shape index (κ1) is 10.4. The molecule has 1 N–H and O–H groups in total. The molecule has 3 heteroatoms. The molecule has 0 radical (unpaired) electrons. The van der Waals surface area contributed by atoms with E-state index in [9.17, 15) is 5.11 Å². The fraction of sp³-hybridized carbons (Fsp3) is 1.00. The van der Waals surface area contributed by atoms with Crippen molar-refractivity contribution < 1.29 is 5.11 Å². The minimum Gasteiger partial charge on any atom is -0.389 e. The molecule has 1 heterocycles. The molecule has 1 aliphatic carbocycles. The van der Waals surface area contributed by atoms with E-state index in [1.165, 1.54) is 12.8 Å². The second kappa shape index (κ2) is 3.80. The lowest BCUT2D eigenvalue weighted by Gasteiger charge is -2.41. The van der Waals surface area contributed by atoms with Gasteiger partial charge < -0.3 is 10.0 Å². The number of likely N-dealkylation sites (N-methyl/N-ethyl adjacent to an activating group) is 1. The maximum absolute atomic E-state index is 10.2. The van der Waals surface area contributed by atoms with Crippen molar-refractivity contribution in [2.75, 3.05) is 33.2 Å². The quantitative estimate of drug-likeness (QED) is 0.666. The van der Waals surface area contributed by atoms with Crippen LogP contribution in [0.25, 0.3) is 0 Å². The zero-order valence-electron chi connectivity index (χ0n) is 9.37. The molecule has 3 nitrogen and oxygen atoms in total. The highest BCUT2D eigenvalue weighted by atomic mass is 16.3. The highest BCUT2D eigenvalue weighted by molar-refractivity contribution is 4.96. The van der Waals surface area contributed by atoms with Gasteiger partial charge in [0.25, 0.3) is 0 Å². The summed E-state index contributed by atoms with van der Waals surface area (Å²) in [5.74, 6) is 0. The van der Waals surface area contributed by atoms with Crippen LogP contribution in [-0.4, -0.2) is 59.8 Å². The van der Waals surface area contributed by atoms with Crippen LogP contribution < -0.4 is 0 Å². The molecule has 0 aromatic rings. The lowest BCUT2D eigenvalue weighted by molar-refractivity contribution is -0.0265. The topological polar surface area (TPSA) is 26.7 Å². The van der Waals surface area contributed by atoms with Gasteiger partial charge in [-0.1, -0.05) is 0 Å². The predicted molar refractivity (Wildman–Crippen MR) is 57.3 cm³/mol. The van der Waals surface area contributed by atoms with Crippen molar-refractivity contribution in [2.24, 2.45) is 0 Å². The van der Waals surface area contributed by atoms with E-state index in [-0.39, 0.29) is 0 Å². The molecule has 2 aliphatic rings. The zero-order chi connectivity index (χ0) is 10.2. The molecule has 1 saturated heterocycles. The minimum atomic E-state index is -0.435. The average Bonchev–Trinajstić information content (AvgIpc) is 2.47. The molecule has 2 fully saturated rings. The van der Waals surface area contributed by atoms with Gasteiger partial charge in [0.05, 0.1) is 5.60 Å². The maximum atomic E-state index is 10.2. The molecule has 0 aromatic heterocycles. The van der Waals surface area contributed by atoms with E-state index in [2.05, 4.69) is 16.8 Å². The zero-order valence-corrected chi connectivity index (χ0v) is 9.37. The number of piperazine rings is 1. The van der Waals surface area contributed by atoms with E-state index >= 15 is 0 Å². The monoisotopic (exact) mass is 198 g/mol.